The minimum atomic E-state index is -0.694. The highest BCUT2D eigenvalue weighted by atomic mass is 16.3. The summed E-state index contributed by atoms with van der Waals surface area (Å²) in [4.78, 5) is 4.76. The molecule has 0 aliphatic heterocycles. The zero-order valence-corrected chi connectivity index (χ0v) is 41.8. The molecular weight excluding hydrogens is 937 g/mol. The van der Waals surface area contributed by atoms with Crippen molar-refractivity contribution in [1.82, 2.24) is 0 Å². The smallest absolute Gasteiger partial charge is 0.135 e. The van der Waals surface area contributed by atoms with E-state index in [9.17, 15) is 0 Å². The van der Waals surface area contributed by atoms with Crippen LogP contribution >= 0.6 is 0 Å². The SMILES string of the molecule is c1ccc(N(c2ccc3cc4c(cc3c2)C(c2ccccc2)(c2ccccc2)c2c-4c3ccccc3c3cc(N(c4ccccc4)c4ccc5oc6ccccc6c5c4)ccc23)c2ccc3oc4ccccc4c3c2)cc1. The number of para-hydroxylation sites is 4. The number of fused-ring (bicyclic) bond motifs is 15. The average Bonchev–Trinajstić information content (AvgIpc) is 4.37. The van der Waals surface area contributed by atoms with Gasteiger partial charge in [-0.2, -0.15) is 0 Å². The summed E-state index contributed by atoms with van der Waals surface area (Å²) < 4.78 is 12.7. The normalized spacial score (nSPS) is 12.8. The first kappa shape index (κ1) is 43.3. The molecule has 0 unspecified atom stereocenters. The minimum Gasteiger partial charge on any atom is -0.456 e. The second kappa shape index (κ2) is 16.9. The van der Waals surface area contributed by atoms with Crippen LogP contribution in [0, 0.1) is 0 Å². The minimum absolute atomic E-state index is 0.694. The zero-order valence-electron chi connectivity index (χ0n) is 41.8. The standard InChI is InChI=1S/C73H46N2O2/c1-5-19-49(20-6-1)73(50-21-7-2-8-22-50)66-43-48-41-53(74(51-23-9-3-10-24-51)55-36-39-69-63(45-55)58-28-15-17-31-67(58)76-69)34-33-47(48)42-65(66)71-60-30-14-13-27-57(60)62-44-54(35-38-61(62)72(71)73)75(52-25-11-4-12-26-52)56-37-40-70-64(46-56)59-29-16-18-32-68(59)77-70/h1-46H. The van der Waals surface area contributed by atoms with Gasteiger partial charge in [-0.1, -0.05) is 170 Å². The maximum atomic E-state index is 6.34. The Hall–Kier alpha value is -10.2. The van der Waals surface area contributed by atoms with E-state index in [1.165, 1.54) is 60.3 Å². The molecule has 0 amide bonds. The Morgan fingerprint density at radius 3 is 1.25 bits per heavy atom. The molecule has 360 valence electrons. The molecule has 13 aromatic carbocycles. The third-order valence-corrected chi connectivity index (χ3v) is 16.2. The van der Waals surface area contributed by atoms with Crippen LogP contribution in [0.1, 0.15) is 22.3 Å². The fraction of sp³-hybridized carbons (Fsp3) is 0.0137. The number of nitrogens with zero attached hydrogens (tertiary/aromatic N) is 2. The second-order valence-electron chi connectivity index (χ2n) is 20.3. The van der Waals surface area contributed by atoms with Crippen molar-refractivity contribution in [3.05, 3.63) is 301 Å². The van der Waals surface area contributed by atoms with Crippen LogP contribution in [0.15, 0.2) is 288 Å². The molecule has 15 aromatic rings. The largest absolute Gasteiger partial charge is 0.456 e. The van der Waals surface area contributed by atoms with Crippen molar-refractivity contribution in [1.29, 1.82) is 0 Å². The Morgan fingerprint density at radius 1 is 0.260 bits per heavy atom. The molecule has 0 bridgehead atoms. The van der Waals surface area contributed by atoms with Gasteiger partial charge in [-0.3, -0.25) is 0 Å². The van der Waals surface area contributed by atoms with E-state index in [4.69, 9.17) is 8.83 Å². The maximum absolute atomic E-state index is 6.34. The highest BCUT2D eigenvalue weighted by Crippen LogP contribution is 2.61. The third-order valence-electron chi connectivity index (χ3n) is 16.2. The summed E-state index contributed by atoms with van der Waals surface area (Å²) in [6.07, 6.45) is 0. The predicted octanol–water partition coefficient (Wildman–Crippen LogP) is 20.2. The van der Waals surface area contributed by atoms with Crippen molar-refractivity contribution in [2.24, 2.45) is 0 Å². The van der Waals surface area contributed by atoms with Gasteiger partial charge in [0.05, 0.1) is 5.41 Å². The van der Waals surface area contributed by atoms with Crippen molar-refractivity contribution in [2.75, 3.05) is 9.80 Å². The summed E-state index contributed by atoms with van der Waals surface area (Å²) in [6, 6.07) is 102. The van der Waals surface area contributed by atoms with Gasteiger partial charge in [-0.05, 0) is 175 Å². The summed E-state index contributed by atoms with van der Waals surface area (Å²) in [5.74, 6) is 0. The van der Waals surface area contributed by atoms with Crippen LogP contribution in [0.5, 0.6) is 0 Å². The lowest BCUT2D eigenvalue weighted by Crippen LogP contribution is -2.29. The van der Waals surface area contributed by atoms with Crippen molar-refractivity contribution < 1.29 is 8.83 Å². The van der Waals surface area contributed by atoms with E-state index in [0.717, 1.165) is 83.4 Å². The monoisotopic (exact) mass is 982 g/mol. The Morgan fingerprint density at radius 2 is 0.688 bits per heavy atom. The molecule has 16 rings (SSSR count). The van der Waals surface area contributed by atoms with E-state index in [1.54, 1.807) is 0 Å². The highest BCUT2D eigenvalue weighted by molar-refractivity contribution is 6.21. The van der Waals surface area contributed by atoms with Crippen LogP contribution in [0.3, 0.4) is 0 Å². The molecule has 0 fully saturated rings. The molecule has 0 saturated carbocycles. The molecule has 4 heteroatoms. The van der Waals surface area contributed by atoms with E-state index in [2.05, 4.69) is 265 Å². The van der Waals surface area contributed by atoms with Gasteiger partial charge in [0.15, 0.2) is 0 Å². The topological polar surface area (TPSA) is 32.8 Å². The van der Waals surface area contributed by atoms with Gasteiger partial charge in [0, 0.05) is 55.7 Å². The molecule has 2 heterocycles. The van der Waals surface area contributed by atoms with Crippen molar-refractivity contribution in [3.63, 3.8) is 0 Å². The summed E-state index contributed by atoms with van der Waals surface area (Å²) in [7, 11) is 0. The lowest BCUT2D eigenvalue weighted by molar-refractivity contribution is 0.668. The number of furan rings is 2. The number of hydrogen-bond donors (Lipinski definition) is 0. The second-order valence-corrected chi connectivity index (χ2v) is 20.3. The van der Waals surface area contributed by atoms with E-state index < -0.39 is 5.41 Å². The van der Waals surface area contributed by atoms with Crippen LogP contribution in [0.4, 0.5) is 34.1 Å². The lowest BCUT2D eigenvalue weighted by Gasteiger charge is -2.35. The first-order valence-corrected chi connectivity index (χ1v) is 26.4. The molecule has 77 heavy (non-hydrogen) atoms. The van der Waals surface area contributed by atoms with Gasteiger partial charge in [0.2, 0.25) is 0 Å². The number of rotatable bonds is 8. The summed E-state index contributed by atoms with van der Waals surface area (Å²) in [5.41, 5.74) is 16.8. The number of hydrogen-bond acceptors (Lipinski definition) is 4. The molecule has 0 atom stereocenters. The van der Waals surface area contributed by atoms with Gasteiger partial charge >= 0.3 is 0 Å². The molecule has 0 N–H and O–H groups in total. The molecule has 0 saturated heterocycles. The zero-order chi connectivity index (χ0) is 50.6. The summed E-state index contributed by atoms with van der Waals surface area (Å²) >= 11 is 0. The average molecular weight is 983 g/mol. The predicted molar refractivity (Wildman–Crippen MR) is 320 cm³/mol. The van der Waals surface area contributed by atoms with Crippen LogP contribution in [-0.4, -0.2) is 0 Å². The van der Waals surface area contributed by atoms with E-state index >= 15 is 0 Å². The third kappa shape index (κ3) is 6.52. The molecule has 4 nitrogen and oxygen atoms in total. The summed E-state index contributed by atoms with van der Waals surface area (Å²) in [6.45, 7) is 0. The highest BCUT2D eigenvalue weighted by Gasteiger charge is 2.48. The number of benzene rings is 13. The summed E-state index contributed by atoms with van der Waals surface area (Å²) in [5, 5.41) is 11.6. The molecular formula is C73H46N2O2. The molecule has 1 aliphatic rings. The van der Waals surface area contributed by atoms with Crippen molar-refractivity contribution in [3.8, 4) is 11.1 Å². The molecule has 0 radical (unpaired) electrons. The fourth-order valence-corrected chi connectivity index (χ4v) is 13.0. The first-order chi connectivity index (χ1) is 38.2. The van der Waals surface area contributed by atoms with Gasteiger partial charge in [0.25, 0.3) is 0 Å². The van der Waals surface area contributed by atoms with Crippen molar-refractivity contribution in [2.45, 2.75) is 5.41 Å². The van der Waals surface area contributed by atoms with Crippen LogP contribution in [0.25, 0.3) is 87.3 Å². The Bertz CT molecular complexity index is 4770. The van der Waals surface area contributed by atoms with Gasteiger partial charge in [-0.15, -0.1) is 0 Å². The Kier molecular flexibility index (Phi) is 9.52. The molecule has 0 spiro atoms. The fourth-order valence-electron chi connectivity index (χ4n) is 13.0. The lowest BCUT2D eigenvalue weighted by atomic mass is 9.66. The van der Waals surface area contributed by atoms with Crippen molar-refractivity contribution >= 4 is 110 Å². The molecule has 2 aromatic heterocycles. The van der Waals surface area contributed by atoms with E-state index in [0.29, 0.717) is 0 Å². The van der Waals surface area contributed by atoms with Crippen LogP contribution in [0.2, 0.25) is 0 Å². The maximum Gasteiger partial charge on any atom is 0.135 e. The van der Waals surface area contributed by atoms with Gasteiger partial charge in [-0.25, -0.2) is 0 Å². The van der Waals surface area contributed by atoms with Gasteiger partial charge < -0.3 is 18.6 Å². The Labute approximate surface area is 444 Å². The van der Waals surface area contributed by atoms with Gasteiger partial charge in [0.1, 0.15) is 22.3 Å². The first-order valence-electron chi connectivity index (χ1n) is 26.4. The van der Waals surface area contributed by atoms with Crippen LogP contribution < -0.4 is 9.80 Å². The van der Waals surface area contributed by atoms with Crippen LogP contribution in [-0.2, 0) is 5.41 Å². The molecule has 1 aliphatic carbocycles. The Balaban J connectivity index is 0.951. The quantitative estimate of drug-likeness (QED) is 0.142. The number of anilines is 6. The van der Waals surface area contributed by atoms with E-state index in [1.807, 2.05) is 24.3 Å². The van der Waals surface area contributed by atoms with E-state index in [-0.39, 0.29) is 0 Å².